The lowest BCUT2D eigenvalue weighted by Gasteiger charge is -2.34. The number of rotatable bonds is 3. The fraction of sp³-hybridized carbons (Fsp3) is 0.571. The predicted molar refractivity (Wildman–Crippen MR) is 72.6 cm³/mol. The van der Waals surface area contributed by atoms with E-state index < -0.39 is 0 Å². The van der Waals surface area contributed by atoms with Crippen LogP contribution in [-0.4, -0.2) is 0 Å². The fourth-order valence-electron chi connectivity index (χ4n) is 3.15. The third kappa shape index (κ3) is 2.53. The molecule has 0 spiro atoms. The van der Waals surface area contributed by atoms with Crippen LogP contribution in [0.4, 0.5) is 4.39 Å². The van der Waals surface area contributed by atoms with Crippen molar-refractivity contribution in [3.8, 4) is 0 Å². The largest absolute Gasteiger partial charge is 0.271 e. The van der Waals surface area contributed by atoms with Crippen molar-refractivity contribution in [2.45, 2.75) is 39.2 Å². The van der Waals surface area contributed by atoms with E-state index in [4.69, 9.17) is 17.4 Å². The highest BCUT2D eigenvalue weighted by Gasteiger charge is 2.40. The molecule has 2 unspecified atom stereocenters. The van der Waals surface area contributed by atoms with Crippen LogP contribution >= 0.6 is 11.6 Å². The molecule has 1 aliphatic carbocycles. The summed E-state index contributed by atoms with van der Waals surface area (Å²) in [6.07, 6.45) is 3.40. The summed E-state index contributed by atoms with van der Waals surface area (Å²) < 4.78 is 14.0. The number of nitrogens with two attached hydrogens (primary N) is 1. The van der Waals surface area contributed by atoms with E-state index in [1.54, 1.807) is 12.1 Å². The summed E-state index contributed by atoms with van der Waals surface area (Å²) in [5.74, 6) is 5.72. The van der Waals surface area contributed by atoms with E-state index in [9.17, 15) is 4.39 Å². The molecule has 0 radical (unpaired) electrons. The molecule has 1 aromatic carbocycles. The number of hydrazine groups is 1. The number of hydrogen-bond donors (Lipinski definition) is 2. The molecule has 0 aromatic heterocycles. The zero-order chi connectivity index (χ0) is 13.3. The number of nitrogens with one attached hydrogen (secondary N) is 1. The molecular formula is C14H20ClFN2. The maximum Gasteiger partial charge on any atom is 0.129 e. The Morgan fingerprint density at radius 1 is 1.50 bits per heavy atom. The van der Waals surface area contributed by atoms with Crippen molar-refractivity contribution in [3.05, 3.63) is 34.6 Å². The van der Waals surface area contributed by atoms with Crippen LogP contribution in [0.3, 0.4) is 0 Å². The van der Waals surface area contributed by atoms with Crippen molar-refractivity contribution in [3.63, 3.8) is 0 Å². The van der Waals surface area contributed by atoms with Crippen LogP contribution in [0.15, 0.2) is 18.2 Å². The highest BCUT2D eigenvalue weighted by Crippen LogP contribution is 2.48. The average Bonchev–Trinajstić information content (AvgIpc) is 2.63. The van der Waals surface area contributed by atoms with E-state index in [1.807, 2.05) is 0 Å². The zero-order valence-corrected chi connectivity index (χ0v) is 11.6. The van der Waals surface area contributed by atoms with Crippen LogP contribution in [-0.2, 0) is 0 Å². The van der Waals surface area contributed by atoms with Gasteiger partial charge in [0.2, 0.25) is 0 Å². The Hall–Kier alpha value is -0.640. The summed E-state index contributed by atoms with van der Waals surface area (Å²) in [6, 6.07) is 4.64. The van der Waals surface area contributed by atoms with Crippen molar-refractivity contribution < 1.29 is 4.39 Å². The number of hydrogen-bond acceptors (Lipinski definition) is 2. The van der Waals surface area contributed by atoms with Gasteiger partial charge in [0, 0.05) is 10.6 Å². The van der Waals surface area contributed by atoms with Gasteiger partial charge in [-0.25, -0.2) is 4.39 Å². The molecule has 0 heterocycles. The zero-order valence-electron chi connectivity index (χ0n) is 10.8. The quantitative estimate of drug-likeness (QED) is 0.647. The van der Waals surface area contributed by atoms with Gasteiger partial charge in [0.15, 0.2) is 0 Å². The minimum Gasteiger partial charge on any atom is -0.271 e. The minimum atomic E-state index is -0.284. The summed E-state index contributed by atoms with van der Waals surface area (Å²) in [5.41, 5.74) is 3.59. The van der Waals surface area contributed by atoms with E-state index in [0.29, 0.717) is 16.5 Å². The molecule has 100 valence electrons. The second-order valence-corrected chi connectivity index (χ2v) is 6.23. The molecule has 1 aliphatic rings. The molecule has 4 heteroatoms. The molecule has 18 heavy (non-hydrogen) atoms. The number of benzene rings is 1. The molecule has 0 saturated heterocycles. The van der Waals surface area contributed by atoms with Gasteiger partial charge in [-0.2, -0.15) is 0 Å². The third-order valence-electron chi connectivity index (χ3n) is 4.22. The first-order valence-electron chi connectivity index (χ1n) is 6.37. The van der Waals surface area contributed by atoms with Crippen molar-refractivity contribution in [1.82, 2.24) is 5.43 Å². The van der Waals surface area contributed by atoms with E-state index in [2.05, 4.69) is 19.3 Å². The molecule has 2 rings (SSSR count). The Bertz CT molecular complexity index is 434. The second kappa shape index (κ2) is 5.16. The topological polar surface area (TPSA) is 38.0 Å². The molecule has 1 aromatic rings. The maximum absolute atomic E-state index is 14.0. The van der Waals surface area contributed by atoms with Gasteiger partial charge in [0.25, 0.3) is 0 Å². The lowest BCUT2D eigenvalue weighted by Crippen LogP contribution is -2.38. The normalized spacial score (nSPS) is 24.2. The Morgan fingerprint density at radius 3 is 2.72 bits per heavy atom. The molecule has 0 bridgehead atoms. The predicted octanol–water partition coefficient (Wildman–Crippen LogP) is 3.81. The summed E-state index contributed by atoms with van der Waals surface area (Å²) in [5, 5.41) is 0.415. The first-order valence-corrected chi connectivity index (χ1v) is 6.74. The van der Waals surface area contributed by atoms with Crippen LogP contribution in [0.25, 0.3) is 0 Å². The van der Waals surface area contributed by atoms with Crippen LogP contribution in [0.5, 0.6) is 0 Å². The first-order chi connectivity index (χ1) is 8.45. The van der Waals surface area contributed by atoms with Crippen LogP contribution in [0.1, 0.15) is 44.7 Å². The molecule has 2 nitrogen and oxygen atoms in total. The summed E-state index contributed by atoms with van der Waals surface area (Å²) in [4.78, 5) is 0. The van der Waals surface area contributed by atoms with Gasteiger partial charge in [-0.05, 0) is 36.3 Å². The molecule has 0 aliphatic heterocycles. The molecule has 1 fully saturated rings. The first kappa shape index (κ1) is 13.8. The lowest BCUT2D eigenvalue weighted by molar-refractivity contribution is 0.195. The van der Waals surface area contributed by atoms with Gasteiger partial charge < -0.3 is 0 Å². The summed E-state index contributed by atoms with van der Waals surface area (Å²) in [7, 11) is 0. The monoisotopic (exact) mass is 270 g/mol. The van der Waals surface area contributed by atoms with Crippen LogP contribution in [0.2, 0.25) is 5.02 Å². The Morgan fingerprint density at radius 2 is 2.22 bits per heavy atom. The highest BCUT2D eigenvalue weighted by molar-refractivity contribution is 6.30. The Balaban J connectivity index is 2.33. The van der Waals surface area contributed by atoms with E-state index >= 15 is 0 Å². The lowest BCUT2D eigenvalue weighted by atomic mass is 9.75. The van der Waals surface area contributed by atoms with Gasteiger partial charge in [-0.15, -0.1) is 0 Å². The minimum absolute atomic E-state index is 0.153. The van der Waals surface area contributed by atoms with Crippen molar-refractivity contribution in [2.24, 2.45) is 17.2 Å². The highest BCUT2D eigenvalue weighted by atomic mass is 35.5. The van der Waals surface area contributed by atoms with Crippen LogP contribution < -0.4 is 11.3 Å². The second-order valence-electron chi connectivity index (χ2n) is 5.80. The summed E-state index contributed by atoms with van der Waals surface area (Å²) >= 11 is 5.79. The van der Waals surface area contributed by atoms with Gasteiger partial charge in [-0.3, -0.25) is 11.3 Å². The Kier molecular flexibility index (Phi) is 3.95. The van der Waals surface area contributed by atoms with Gasteiger partial charge in [0.05, 0.1) is 6.04 Å². The molecule has 3 N–H and O–H groups in total. The van der Waals surface area contributed by atoms with E-state index in [0.717, 1.165) is 12.8 Å². The van der Waals surface area contributed by atoms with Crippen molar-refractivity contribution in [2.75, 3.05) is 0 Å². The number of halogens is 2. The van der Waals surface area contributed by atoms with Gasteiger partial charge in [-0.1, -0.05) is 37.9 Å². The standard InChI is InChI=1S/C14H20ClFN2/c1-14(2)7-3-4-11(14)13(18-17)10-6-5-9(15)8-12(10)16/h5-6,8,11,13,18H,3-4,7,17H2,1-2H3. The Labute approximate surface area is 113 Å². The fourth-order valence-corrected chi connectivity index (χ4v) is 3.31. The summed E-state index contributed by atoms with van der Waals surface area (Å²) in [6.45, 7) is 4.45. The molecule has 0 amide bonds. The van der Waals surface area contributed by atoms with Gasteiger partial charge >= 0.3 is 0 Å². The van der Waals surface area contributed by atoms with Crippen LogP contribution in [0, 0.1) is 17.2 Å². The average molecular weight is 271 g/mol. The molecule has 1 saturated carbocycles. The maximum atomic E-state index is 14.0. The molecule has 2 atom stereocenters. The van der Waals surface area contributed by atoms with Gasteiger partial charge in [0.1, 0.15) is 5.82 Å². The van der Waals surface area contributed by atoms with Crippen molar-refractivity contribution in [1.29, 1.82) is 0 Å². The smallest absolute Gasteiger partial charge is 0.129 e. The van der Waals surface area contributed by atoms with E-state index in [1.165, 1.54) is 12.5 Å². The van der Waals surface area contributed by atoms with E-state index in [-0.39, 0.29) is 17.3 Å². The SMILES string of the molecule is CC1(C)CCCC1C(NN)c1ccc(Cl)cc1F. The third-order valence-corrected chi connectivity index (χ3v) is 4.45. The molecular weight excluding hydrogens is 251 g/mol. The van der Waals surface area contributed by atoms with Crippen molar-refractivity contribution >= 4 is 11.6 Å².